The first kappa shape index (κ1) is 18.6. The van der Waals surface area contributed by atoms with Crippen molar-refractivity contribution in [3.8, 4) is 0 Å². The molecule has 8 nitrogen and oxygen atoms in total. The van der Waals surface area contributed by atoms with E-state index in [4.69, 9.17) is 4.74 Å². The van der Waals surface area contributed by atoms with E-state index in [1.165, 1.54) is 28.0 Å². The van der Waals surface area contributed by atoms with Crippen LogP contribution in [0.3, 0.4) is 0 Å². The van der Waals surface area contributed by atoms with E-state index < -0.39 is 5.25 Å². The number of benzene rings is 1. The van der Waals surface area contributed by atoms with Crippen LogP contribution >= 0.6 is 23.1 Å². The van der Waals surface area contributed by atoms with Gasteiger partial charge in [-0.2, -0.15) is 0 Å². The van der Waals surface area contributed by atoms with E-state index in [1.54, 1.807) is 13.2 Å². The van der Waals surface area contributed by atoms with Gasteiger partial charge in [-0.15, -0.1) is 10.2 Å². The van der Waals surface area contributed by atoms with Crippen LogP contribution in [0.2, 0.25) is 0 Å². The van der Waals surface area contributed by atoms with Crippen LogP contribution in [0.5, 0.6) is 0 Å². The van der Waals surface area contributed by atoms with Crippen LogP contribution in [0, 0.1) is 0 Å². The van der Waals surface area contributed by atoms with Crippen LogP contribution in [0.25, 0.3) is 0 Å². The molecular weight excluding hydrogens is 374 g/mol. The third kappa shape index (κ3) is 4.32. The third-order valence-corrected chi connectivity index (χ3v) is 5.70. The average molecular weight is 393 g/mol. The zero-order valence-corrected chi connectivity index (χ0v) is 16.0. The number of methoxy groups -OCH3 is 1. The maximum atomic E-state index is 12.9. The van der Waals surface area contributed by atoms with Crippen molar-refractivity contribution in [3.05, 3.63) is 24.3 Å². The van der Waals surface area contributed by atoms with Gasteiger partial charge in [0, 0.05) is 13.7 Å². The minimum absolute atomic E-state index is 0.0146. The summed E-state index contributed by atoms with van der Waals surface area (Å²) in [6, 6.07) is 7.28. The van der Waals surface area contributed by atoms with Crippen molar-refractivity contribution in [2.45, 2.75) is 16.5 Å². The lowest BCUT2D eigenvalue weighted by Crippen LogP contribution is -2.45. The molecule has 0 saturated heterocycles. The number of fused-ring (bicyclic) bond motifs is 1. The normalized spacial score (nSPS) is 14.5. The fourth-order valence-corrected chi connectivity index (χ4v) is 4.42. The number of anilines is 3. The van der Waals surface area contributed by atoms with Crippen molar-refractivity contribution in [1.29, 1.82) is 0 Å². The Bertz CT molecular complexity index is 798. The van der Waals surface area contributed by atoms with Gasteiger partial charge in [0.25, 0.3) is 0 Å². The van der Waals surface area contributed by atoms with E-state index in [0.29, 0.717) is 34.0 Å². The number of aromatic nitrogens is 2. The maximum absolute atomic E-state index is 12.9. The highest BCUT2D eigenvalue weighted by atomic mass is 32.2. The van der Waals surface area contributed by atoms with Gasteiger partial charge in [-0.25, -0.2) is 0 Å². The highest BCUT2D eigenvalue weighted by Crippen LogP contribution is 2.33. The van der Waals surface area contributed by atoms with E-state index in [-0.39, 0.29) is 18.4 Å². The highest BCUT2D eigenvalue weighted by Gasteiger charge is 2.30. The van der Waals surface area contributed by atoms with Crippen LogP contribution in [0.15, 0.2) is 28.6 Å². The van der Waals surface area contributed by atoms with Crippen molar-refractivity contribution in [2.24, 2.45) is 0 Å². The molecule has 0 unspecified atom stereocenters. The zero-order valence-electron chi connectivity index (χ0n) is 14.4. The fourth-order valence-electron chi connectivity index (χ4n) is 2.44. The molecule has 1 aromatic heterocycles. The Morgan fingerprint density at radius 2 is 2.27 bits per heavy atom. The van der Waals surface area contributed by atoms with Gasteiger partial charge in [-0.1, -0.05) is 35.2 Å². The molecule has 0 saturated carbocycles. The van der Waals surface area contributed by atoms with Crippen molar-refractivity contribution in [3.63, 3.8) is 0 Å². The molecule has 26 heavy (non-hydrogen) atoms. The molecule has 2 heterocycles. The summed E-state index contributed by atoms with van der Waals surface area (Å²) in [5.41, 5.74) is 1.36. The second-order valence-corrected chi connectivity index (χ2v) is 8.11. The summed E-state index contributed by atoms with van der Waals surface area (Å²) in [6.45, 7) is 3.04. The first-order chi connectivity index (χ1) is 12.6. The maximum Gasteiger partial charge on any atom is 0.244 e. The summed E-state index contributed by atoms with van der Waals surface area (Å²) in [7, 11) is 1.63. The standard InChI is InChI=1S/C16H19N5O3S2/c1-10(25-16-20-19-15(26-16)17-7-8-24-2)14(23)21-9-13(22)18-11-5-3-4-6-12(11)21/h3-6,10H,7-9H2,1-2H3,(H,17,19)(H,18,22)/t10-/m1/s1. The SMILES string of the molecule is COCCNc1nnc(S[C@H](C)C(=O)N2CC(=O)Nc3ccccc32)s1. The molecule has 0 spiro atoms. The second kappa shape index (κ2) is 8.47. The van der Waals surface area contributed by atoms with E-state index >= 15 is 0 Å². The minimum atomic E-state index is -0.395. The number of hydrogen-bond acceptors (Lipinski definition) is 8. The Morgan fingerprint density at radius 1 is 1.46 bits per heavy atom. The van der Waals surface area contributed by atoms with Crippen molar-refractivity contribution in [2.75, 3.05) is 42.3 Å². The van der Waals surface area contributed by atoms with Crippen molar-refractivity contribution in [1.82, 2.24) is 10.2 Å². The largest absolute Gasteiger partial charge is 0.383 e. The first-order valence-electron chi connectivity index (χ1n) is 8.01. The average Bonchev–Trinajstić information content (AvgIpc) is 3.07. The number of rotatable bonds is 7. The smallest absolute Gasteiger partial charge is 0.244 e. The molecule has 0 aliphatic carbocycles. The summed E-state index contributed by atoms with van der Waals surface area (Å²) in [5.74, 6) is -0.337. The lowest BCUT2D eigenvalue weighted by molar-refractivity contribution is -0.121. The van der Waals surface area contributed by atoms with Crippen LogP contribution in [-0.2, 0) is 14.3 Å². The lowest BCUT2D eigenvalue weighted by Gasteiger charge is -2.30. The molecule has 0 radical (unpaired) electrons. The lowest BCUT2D eigenvalue weighted by atomic mass is 10.2. The number of carbonyl (C=O) groups is 2. The summed E-state index contributed by atoms with van der Waals surface area (Å²) in [5, 5.41) is 14.3. The van der Waals surface area contributed by atoms with Gasteiger partial charge in [0.05, 0.1) is 23.2 Å². The number of hydrogen-bond donors (Lipinski definition) is 2. The molecule has 1 atom stereocenters. The van der Waals surface area contributed by atoms with E-state index in [2.05, 4.69) is 20.8 Å². The van der Waals surface area contributed by atoms with Gasteiger partial charge in [-0.05, 0) is 19.1 Å². The first-order valence-corrected chi connectivity index (χ1v) is 9.71. The van der Waals surface area contributed by atoms with Gasteiger partial charge in [0.2, 0.25) is 16.9 Å². The highest BCUT2D eigenvalue weighted by molar-refractivity contribution is 8.02. The van der Waals surface area contributed by atoms with Crippen LogP contribution in [0.4, 0.5) is 16.5 Å². The number of amides is 2. The van der Waals surface area contributed by atoms with Gasteiger partial charge in [0.15, 0.2) is 4.34 Å². The van der Waals surface area contributed by atoms with Gasteiger partial charge in [-0.3, -0.25) is 14.5 Å². The Labute approximate surface area is 159 Å². The molecule has 2 amide bonds. The number of carbonyl (C=O) groups excluding carboxylic acids is 2. The molecule has 3 rings (SSSR count). The topological polar surface area (TPSA) is 96.4 Å². The quantitative estimate of drug-likeness (QED) is 0.549. The molecule has 0 bridgehead atoms. The summed E-state index contributed by atoms with van der Waals surface area (Å²) >= 11 is 2.72. The van der Waals surface area contributed by atoms with Crippen molar-refractivity contribution < 1.29 is 14.3 Å². The van der Waals surface area contributed by atoms with Crippen molar-refractivity contribution >= 4 is 51.4 Å². The number of nitrogens with one attached hydrogen (secondary N) is 2. The van der Waals surface area contributed by atoms with E-state index in [1.807, 2.05) is 25.1 Å². The fraction of sp³-hybridized carbons (Fsp3) is 0.375. The molecule has 0 fully saturated rings. The monoisotopic (exact) mass is 393 g/mol. The molecule has 1 aliphatic rings. The molecule has 1 aromatic carbocycles. The predicted octanol–water partition coefficient (Wildman–Crippen LogP) is 2.06. The molecule has 2 aromatic rings. The molecular formula is C16H19N5O3S2. The number of ether oxygens (including phenoxy) is 1. The Morgan fingerprint density at radius 3 is 3.08 bits per heavy atom. The van der Waals surface area contributed by atoms with E-state index in [9.17, 15) is 9.59 Å². The number of para-hydroxylation sites is 2. The second-order valence-electron chi connectivity index (χ2n) is 5.54. The molecule has 2 N–H and O–H groups in total. The van der Waals surface area contributed by atoms with Crippen LogP contribution in [-0.4, -0.2) is 54.1 Å². The van der Waals surface area contributed by atoms with Gasteiger partial charge < -0.3 is 15.4 Å². The number of nitrogens with zero attached hydrogens (tertiary/aromatic N) is 3. The molecule has 1 aliphatic heterocycles. The molecule has 138 valence electrons. The van der Waals surface area contributed by atoms with Gasteiger partial charge >= 0.3 is 0 Å². The van der Waals surface area contributed by atoms with Gasteiger partial charge in [0.1, 0.15) is 6.54 Å². The summed E-state index contributed by atoms with van der Waals surface area (Å²) in [4.78, 5) is 26.3. The predicted molar refractivity (Wildman–Crippen MR) is 103 cm³/mol. The zero-order chi connectivity index (χ0) is 18.5. The number of thioether (sulfide) groups is 1. The van der Waals surface area contributed by atoms with Crippen LogP contribution in [0.1, 0.15) is 6.92 Å². The Hall–Kier alpha value is -2.17. The van der Waals surface area contributed by atoms with E-state index in [0.717, 1.165) is 0 Å². The summed E-state index contributed by atoms with van der Waals surface area (Å²) in [6.07, 6.45) is 0. The molecule has 10 heteroatoms. The Kier molecular flexibility index (Phi) is 6.07. The van der Waals surface area contributed by atoms with Crippen LogP contribution < -0.4 is 15.5 Å². The minimum Gasteiger partial charge on any atom is -0.383 e. The summed E-state index contributed by atoms with van der Waals surface area (Å²) < 4.78 is 5.67. The third-order valence-electron chi connectivity index (χ3n) is 3.65. The Balaban J connectivity index is 1.66.